The molecule has 1 N–H and O–H groups in total. The molecule has 0 saturated heterocycles. The first kappa shape index (κ1) is 17.0. The quantitative estimate of drug-likeness (QED) is 0.917. The second-order valence-corrected chi connectivity index (χ2v) is 6.95. The van der Waals surface area contributed by atoms with Crippen molar-refractivity contribution in [3.05, 3.63) is 42.0 Å². The molecule has 0 aliphatic carbocycles. The van der Waals surface area contributed by atoms with Crippen LogP contribution in [0.2, 0.25) is 0 Å². The van der Waals surface area contributed by atoms with E-state index in [9.17, 15) is 4.79 Å². The molecule has 0 spiro atoms. The van der Waals surface area contributed by atoms with E-state index >= 15 is 0 Å². The molecule has 1 aromatic carbocycles. The summed E-state index contributed by atoms with van der Waals surface area (Å²) < 4.78 is 10.7. The molecule has 124 valence electrons. The van der Waals surface area contributed by atoms with Gasteiger partial charge in [0.15, 0.2) is 12.4 Å². The lowest BCUT2D eigenvalue weighted by Crippen LogP contribution is -2.44. The molecule has 2 rings (SSSR count). The molecular weight excluding hydrogens is 294 g/mol. The molecule has 0 atom stereocenters. The third kappa shape index (κ3) is 4.55. The smallest absolute Gasteiger partial charge is 0.258 e. The van der Waals surface area contributed by atoms with Gasteiger partial charge in [-0.05, 0) is 26.0 Å². The second kappa shape index (κ2) is 6.40. The van der Waals surface area contributed by atoms with Crippen molar-refractivity contribution in [1.29, 1.82) is 0 Å². The maximum Gasteiger partial charge on any atom is 0.258 e. The van der Waals surface area contributed by atoms with Gasteiger partial charge in [0.05, 0.1) is 5.54 Å². The zero-order valence-electron chi connectivity index (χ0n) is 14.2. The SMILES string of the molecule is CC(C)(C)c1nc(C(C)(C)NC(=O)COc2ccccc2)no1. The largest absolute Gasteiger partial charge is 0.484 e. The van der Waals surface area contributed by atoms with Crippen LogP contribution in [0.5, 0.6) is 5.75 Å². The van der Waals surface area contributed by atoms with E-state index in [-0.39, 0.29) is 17.9 Å². The summed E-state index contributed by atoms with van der Waals surface area (Å²) in [5.74, 6) is 1.38. The third-order valence-corrected chi connectivity index (χ3v) is 3.19. The van der Waals surface area contributed by atoms with Crippen LogP contribution < -0.4 is 10.1 Å². The maximum atomic E-state index is 12.1. The average Bonchev–Trinajstić information content (AvgIpc) is 2.96. The molecule has 1 heterocycles. The highest BCUT2D eigenvalue weighted by molar-refractivity contribution is 5.78. The first-order valence-corrected chi connectivity index (χ1v) is 7.52. The molecule has 2 aromatic rings. The van der Waals surface area contributed by atoms with E-state index in [2.05, 4.69) is 15.5 Å². The van der Waals surface area contributed by atoms with Crippen LogP contribution in [0.1, 0.15) is 46.3 Å². The third-order valence-electron chi connectivity index (χ3n) is 3.19. The minimum atomic E-state index is -0.746. The fourth-order valence-electron chi connectivity index (χ4n) is 1.89. The monoisotopic (exact) mass is 317 g/mol. The minimum Gasteiger partial charge on any atom is -0.484 e. The van der Waals surface area contributed by atoms with Gasteiger partial charge in [-0.3, -0.25) is 4.79 Å². The lowest BCUT2D eigenvalue weighted by atomic mass is 9.97. The number of nitrogens with one attached hydrogen (secondary N) is 1. The predicted octanol–water partition coefficient (Wildman–Crippen LogP) is 2.80. The van der Waals surface area contributed by atoms with E-state index in [1.807, 2.05) is 52.8 Å². The van der Waals surface area contributed by atoms with Crippen LogP contribution in [-0.4, -0.2) is 22.7 Å². The lowest BCUT2D eigenvalue weighted by Gasteiger charge is -2.22. The Labute approximate surface area is 136 Å². The Hall–Kier alpha value is -2.37. The molecule has 6 heteroatoms. The van der Waals surface area contributed by atoms with Crippen molar-refractivity contribution < 1.29 is 14.1 Å². The van der Waals surface area contributed by atoms with Gasteiger partial charge in [0.25, 0.3) is 5.91 Å². The number of hydrogen-bond acceptors (Lipinski definition) is 5. The molecule has 0 aliphatic rings. The van der Waals surface area contributed by atoms with Gasteiger partial charge >= 0.3 is 0 Å². The Bertz CT molecular complexity index is 657. The number of para-hydroxylation sites is 1. The van der Waals surface area contributed by atoms with E-state index < -0.39 is 5.54 Å². The Morgan fingerprint density at radius 3 is 2.39 bits per heavy atom. The molecule has 0 aliphatic heterocycles. The van der Waals surface area contributed by atoms with Crippen molar-refractivity contribution in [2.45, 2.75) is 45.6 Å². The Morgan fingerprint density at radius 2 is 1.83 bits per heavy atom. The highest BCUT2D eigenvalue weighted by Gasteiger charge is 2.31. The Morgan fingerprint density at radius 1 is 1.17 bits per heavy atom. The molecule has 23 heavy (non-hydrogen) atoms. The summed E-state index contributed by atoms with van der Waals surface area (Å²) in [6.07, 6.45) is 0. The Balaban J connectivity index is 1.97. The summed E-state index contributed by atoms with van der Waals surface area (Å²) in [6, 6.07) is 9.19. The molecule has 0 radical (unpaired) electrons. The van der Waals surface area contributed by atoms with Crippen LogP contribution in [0.25, 0.3) is 0 Å². The van der Waals surface area contributed by atoms with Crippen molar-refractivity contribution in [3.8, 4) is 5.75 Å². The van der Waals surface area contributed by atoms with Crippen molar-refractivity contribution in [3.63, 3.8) is 0 Å². The van der Waals surface area contributed by atoms with E-state index in [4.69, 9.17) is 9.26 Å². The van der Waals surface area contributed by atoms with Gasteiger partial charge in [-0.1, -0.05) is 44.1 Å². The average molecular weight is 317 g/mol. The fourth-order valence-corrected chi connectivity index (χ4v) is 1.89. The van der Waals surface area contributed by atoms with Crippen molar-refractivity contribution in [2.75, 3.05) is 6.61 Å². The number of rotatable bonds is 5. The zero-order chi connectivity index (χ0) is 17.1. The van der Waals surface area contributed by atoms with Gasteiger partial charge in [-0.25, -0.2) is 0 Å². The molecule has 6 nitrogen and oxygen atoms in total. The van der Waals surface area contributed by atoms with Crippen molar-refractivity contribution in [2.24, 2.45) is 0 Å². The summed E-state index contributed by atoms with van der Waals surface area (Å²) in [6.45, 7) is 9.55. The van der Waals surface area contributed by atoms with Gasteiger partial charge in [0.2, 0.25) is 5.89 Å². The van der Waals surface area contributed by atoms with Crippen LogP contribution >= 0.6 is 0 Å². The van der Waals surface area contributed by atoms with Crippen molar-refractivity contribution >= 4 is 5.91 Å². The fraction of sp³-hybridized carbons (Fsp3) is 0.471. The van der Waals surface area contributed by atoms with E-state index in [0.717, 1.165) is 0 Å². The summed E-state index contributed by atoms with van der Waals surface area (Å²) in [5.41, 5.74) is -0.980. The molecule has 0 fully saturated rings. The number of amides is 1. The topological polar surface area (TPSA) is 77.2 Å². The summed E-state index contributed by atoms with van der Waals surface area (Å²) in [5, 5.41) is 6.84. The van der Waals surface area contributed by atoms with Crippen LogP contribution in [0.3, 0.4) is 0 Å². The summed E-state index contributed by atoms with van der Waals surface area (Å²) >= 11 is 0. The van der Waals surface area contributed by atoms with Crippen LogP contribution in [0.4, 0.5) is 0 Å². The van der Waals surface area contributed by atoms with Crippen LogP contribution in [0.15, 0.2) is 34.9 Å². The lowest BCUT2D eigenvalue weighted by molar-refractivity contribution is -0.124. The normalized spacial score (nSPS) is 12.0. The number of aromatic nitrogens is 2. The number of carbonyl (C=O) groups is 1. The van der Waals surface area contributed by atoms with Crippen molar-refractivity contribution in [1.82, 2.24) is 15.5 Å². The zero-order valence-corrected chi connectivity index (χ0v) is 14.2. The van der Waals surface area contributed by atoms with Crippen LogP contribution in [-0.2, 0) is 15.7 Å². The number of ether oxygens (including phenoxy) is 1. The van der Waals surface area contributed by atoms with Gasteiger partial charge in [-0.15, -0.1) is 0 Å². The number of nitrogens with zero attached hydrogens (tertiary/aromatic N) is 2. The molecule has 0 saturated carbocycles. The molecular formula is C17H23N3O3. The number of carbonyl (C=O) groups excluding carboxylic acids is 1. The van der Waals surface area contributed by atoms with Gasteiger partial charge in [0.1, 0.15) is 5.75 Å². The first-order valence-electron chi connectivity index (χ1n) is 7.52. The first-order chi connectivity index (χ1) is 10.7. The molecule has 1 amide bonds. The number of hydrogen-bond donors (Lipinski definition) is 1. The highest BCUT2D eigenvalue weighted by atomic mass is 16.5. The van der Waals surface area contributed by atoms with Crippen LogP contribution in [0, 0.1) is 0 Å². The van der Waals surface area contributed by atoms with Gasteiger partial charge < -0.3 is 14.6 Å². The second-order valence-electron chi connectivity index (χ2n) is 6.95. The van der Waals surface area contributed by atoms with E-state index in [1.54, 1.807) is 12.1 Å². The van der Waals surface area contributed by atoms with Gasteiger partial charge in [-0.2, -0.15) is 4.98 Å². The standard InChI is InChI=1S/C17H23N3O3/c1-16(2,3)15-18-14(20-23-15)17(4,5)19-13(21)11-22-12-9-7-6-8-10-12/h6-10H,11H2,1-5H3,(H,19,21). The summed E-state index contributed by atoms with van der Waals surface area (Å²) in [7, 11) is 0. The maximum absolute atomic E-state index is 12.1. The minimum absolute atomic E-state index is 0.0720. The van der Waals surface area contributed by atoms with Gasteiger partial charge in [0, 0.05) is 5.41 Å². The molecule has 1 aromatic heterocycles. The Kier molecular flexibility index (Phi) is 4.73. The van der Waals surface area contributed by atoms with E-state index in [0.29, 0.717) is 17.5 Å². The summed E-state index contributed by atoms with van der Waals surface area (Å²) in [4.78, 5) is 16.5. The molecule has 0 bridgehead atoms. The molecule has 0 unspecified atom stereocenters. The predicted molar refractivity (Wildman–Crippen MR) is 86.1 cm³/mol. The number of benzene rings is 1. The van der Waals surface area contributed by atoms with E-state index in [1.165, 1.54) is 0 Å². The highest BCUT2D eigenvalue weighted by Crippen LogP contribution is 2.23.